The molecule has 1 aromatic rings. The fourth-order valence-corrected chi connectivity index (χ4v) is 2.54. The van der Waals surface area contributed by atoms with Crippen molar-refractivity contribution in [2.24, 2.45) is 0 Å². The zero-order valence-electron chi connectivity index (χ0n) is 9.73. The molecule has 0 aliphatic heterocycles. The summed E-state index contributed by atoms with van der Waals surface area (Å²) in [5.41, 5.74) is 0. The van der Waals surface area contributed by atoms with Gasteiger partial charge in [-0.15, -0.1) is 11.6 Å². The van der Waals surface area contributed by atoms with E-state index in [2.05, 4.69) is 4.72 Å². The van der Waals surface area contributed by atoms with Crippen molar-refractivity contribution in [2.75, 3.05) is 25.6 Å². The first kappa shape index (κ1) is 15.7. The molecule has 0 bridgehead atoms. The van der Waals surface area contributed by atoms with Gasteiger partial charge in [-0.1, -0.05) is 11.6 Å². The molecule has 0 aromatic heterocycles. The lowest BCUT2D eigenvalue weighted by atomic mass is 10.4. The second-order valence-corrected chi connectivity index (χ2v) is 6.09. The first-order valence-corrected chi connectivity index (χ1v) is 7.85. The Morgan fingerprint density at radius 2 is 1.83 bits per heavy atom. The quantitative estimate of drug-likeness (QED) is 0.592. The van der Waals surface area contributed by atoms with Gasteiger partial charge in [-0.2, -0.15) is 0 Å². The minimum atomic E-state index is -3.46. The zero-order chi connectivity index (χ0) is 13.4. The number of sulfonamides is 1. The van der Waals surface area contributed by atoms with Crippen LogP contribution in [0.4, 0.5) is 0 Å². The summed E-state index contributed by atoms with van der Waals surface area (Å²) in [7, 11) is -3.46. The van der Waals surface area contributed by atoms with Gasteiger partial charge >= 0.3 is 0 Å². The number of hydrogen-bond donors (Lipinski definition) is 1. The number of benzene rings is 1. The number of hydrogen-bond acceptors (Lipinski definition) is 3. The van der Waals surface area contributed by atoms with Crippen molar-refractivity contribution in [3.05, 3.63) is 29.3 Å². The zero-order valence-corrected chi connectivity index (χ0v) is 12.1. The average Bonchev–Trinajstić information content (AvgIpc) is 2.34. The van der Waals surface area contributed by atoms with Crippen LogP contribution in [-0.4, -0.2) is 34.1 Å². The largest absolute Gasteiger partial charge is 0.380 e. The third kappa shape index (κ3) is 5.54. The van der Waals surface area contributed by atoms with E-state index < -0.39 is 10.0 Å². The maximum Gasteiger partial charge on any atom is 0.240 e. The summed E-state index contributed by atoms with van der Waals surface area (Å²) < 4.78 is 31.3. The standard InChI is InChI=1S/C11H15Cl2NO3S/c12-6-9-17-8-1-7-14-18(15,16)11-4-2-10(13)3-5-11/h2-5,14H,1,6-9H2. The van der Waals surface area contributed by atoms with Gasteiger partial charge in [0.15, 0.2) is 0 Å². The van der Waals surface area contributed by atoms with Crippen molar-refractivity contribution in [2.45, 2.75) is 11.3 Å². The normalized spacial score (nSPS) is 11.7. The van der Waals surface area contributed by atoms with Crippen molar-refractivity contribution in [3.8, 4) is 0 Å². The third-order valence-electron chi connectivity index (χ3n) is 2.10. The Kier molecular flexibility index (Phi) is 6.96. The van der Waals surface area contributed by atoms with Crippen molar-refractivity contribution >= 4 is 33.2 Å². The highest BCUT2D eigenvalue weighted by Crippen LogP contribution is 2.13. The molecule has 1 N–H and O–H groups in total. The van der Waals surface area contributed by atoms with Crippen molar-refractivity contribution < 1.29 is 13.2 Å². The Balaban J connectivity index is 2.38. The molecule has 102 valence electrons. The summed E-state index contributed by atoms with van der Waals surface area (Å²) in [5, 5.41) is 0.503. The summed E-state index contributed by atoms with van der Waals surface area (Å²) in [4.78, 5) is 0.202. The molecule has 0 atom stereocenters. The van der Waals surface area contributed by atoms with Crippen molar-refractivity contribution in [1.29, 1.82) is 0 Å². The molecule has 0 saturated heterocycles. The van der Waals surface area contributed by atoms with E-state index in [9.17, 15) is 8.42 Å². The molecule has 0 spiro atoms. The third-order valence-corrected chi connectivity index (χ3v) is 3.99. The molecule has 1 aromatic carbocycles. The second kappa shape index (κ2) is 7.96. The van der Waals surface area contributed by atoms with E-state index in [1.165, 1.54) is 12.1 Å². The smallest absolute Gasteiger partial charge is 0.240 e. The van der Waals surface area contributed by atoms with Gasteiger partial charge in [0, 0.05) is 24.1 Å². The van der Waals surface area contributed by atoms with Gasteiger partial charge in [-0.3, -0.25) is 0 Å². The predicted molar refractivity (Wildman–Crippen MR) is 72.8 cm³/mol. The Morgan fingerprint density at radius 1 is 1.17 bits per heavy atom. The van der Waals surface area contributed by atoms with Crippen LogP contribution in [0.3, 0.4) is 0 Å². The lowest BCUT2D eigenvalue weighted by Crippen LogP contribution is -2.25. The Bertz CT molecular complexity index is 448. The SMILES string of the molecule is O=S(=O)(NCCCOCCCl)c1ccc(Cl)cc1. The molecule has 4 nitrogen and oxygen atoms in total. The first-order valence-electron chi connectivity index (χ1n) is 5.45. The number of ether oxygens (including phenoxy) is 1. The molecular formula is C11H15Cl2NO3S. The molecule has 0 heterocycles. The van der Waals surface area contributed by atoms with E-state index in [-0.39, 0.29) is 4.90 Å². The number of nitrogens with one attached hydrogen (secondary N) is 1. The highest BCUT2D eigenvalue weighted by Gasteiger charge is 2.12. The lowest BCUT2D eigenvalue weighted by molar-refractivity contribution is 0.147. The Morgan fingerprint density at radius 3 is 2.44 bits per heavy atom. The van der Waals surface area contributed by atoms with Gasteiger partial charge in [0.1, 0.15) is 0 Å². The molecule has 0 aliphatic rings. The van der Waals surface area contributed by atoms with Gasteiger partial charge < -0.3 is 4.74 Å². The maximum atomic E-state index is 11.8. The van der Waals surface area contributed by atoms with E-state index >= 15 is 0 Å². The first-order chi connectivity index (χ1) is 8.56. The molecule has 7 heteroatoms. The minimum Gasteiger partial charge on any atom is -0.380 e. The number of alkyl halides is 1. The molecule has 0 radical (unpaired) electrons. The monoisotopic (exact) mass is 311 g/mol. The van der Waals surface area contributed by atoms with E-state index in [0.29, 0.717) is 37.1 Å². The fourth-order valence-electron chi connectivity index (χ4n) is 1.23. The van der Waals surface area contributed by atoms with Crippen molar-refractivity contribution in [3.63, 3.8) is 0 Å². The molecule has 1 rings (SSSR count). The molecule has 0 amide bonds. The Labute approximate surface area is 117 Å². The minimum absolute atomic E-state index is 0.202. The van der Waals surface area contributed by atoms with Crippen LogP contribution in [0.1, 0.15) is 6.42 Å². The second-order valence-electron chi connectivity index (χ2n) is 3.51. The fraction of sp³-hybridized carbons (Fsp3) is 0.455. The van der Waals surface area contributed by atoms with E-state index in [1.54, 1.807) is 12.1 Å². The average molecular weight is 312 g/mol. The molecular weight excluding hydrogens is 297 g/mol. The summed E-state index contributed by atoms with van der Waals surface area (Å²) in [6.45, 7) is 1.29. The van der Waals surface area contributed by atoms with Gasteiger partial charge in [0.25, 0.3) is 0 Å². The van der Waals surface area contributed by atoms with Crippen LogP contribution in [0.15, 0.2) is 29.2 Å². The van der Waals surface area contributed by atoms with Gasteiger partial charge in [-0.05, 0) is 30.7 Å². The summed E-state index contributed by atoms with van der Waals surface area (Å²) in [6.07, 6.45) is 0.601. The van der Waals surface area contributed by atoms with Crippen molar-refractivity contribution in [1.82, 2.24) is 4.72 Å². The summed E-state index contributed by atoms with van der Waals surface area (Å²) >= 11 is 11.1. The van der Waals surface area contributed by atoms with Crippen LogP contribution in [-0.2, 0) is 14.8 Å². The number of rotatable bonds is 8. The van der Waals surface area contributed by atoms with Gasteiger partial charge in [0.2, 0.25) is 10.0 Å². The van der Waals surface area contributed by atoms with Crippen LogP contribution in [0.25, 0.3) is 0 Å². The van der Waals surface area contributed by atoms with Gasteiger partial charge in [-0.25, -0.2) is 13.1 Å². The van der Waals surface area contributed by atoms with E-state index in [1.807, 2.05) is 0 Å². The lowest BCUT2D eigenvalue weighted by Gasteiger charge is -2.07. The summed E-state index contributed by atoms with van der Waals surface area (Å²) in [6, 6.07) is 6.02. The van der Waals surface area contributed by atoms with E-state index in [4.69, 9.17) is 27.9 Å². The van der Waals surface area contributed by atoms with Crippen LogP contribution in [0, 0.1) is 0 Å². The Hall–Kier alpha value is -0.330. The van der Waals surface area contributed by atoms with Gasteiger partial charge in [0.05, 0.1) is 11.5 Å². The topological polar surface area (TPSA) is 55.4 Å². The molecule has 18 heavy (non-hydrogen) atoms. The highest BCUT2D eigenvalue weighted by molar-refractivity contribution is 7.89. The maximum absolute atomic E-state index is 11.8. The van der Waals surface area contributed by atoms with Crippen LogP contribution < -0.4 is 4.72 Å². The molecule has 0 aliphatic carbocycles. The number of halogens is 2. The van der Waals surface area contributed by atoms with Crippen LogP contribution in [0.5, 0.6) is 0 Å². The van der Waals surface area contributed by atoms with E-state index in [0.717, 1.165) is 0 Å². The predicted octanol–water partition coefficient (Wildman–Crippen LogP) is 2.26. The molecule has 0 saturated carbocycles. The molecule has 0 fully saturated rings. The highest BCUT2D eigenvalue weighted by atomic mass is 35.5. The summed E-state index contributed by atoms with van der Waals surface area (Å²) in [5.74, 6) is 0.441. The van der Waals surface area contributed by atoms with Crippen LogP contribution >= 0.6 is 23.2 Å². The van der Waals surface area contributed by atoms with Crippen LogP contribution in [0.2, 0.25) is 5.02 Å². The molecule has 0 unspecified atom stereocenters.